The van der Waals surface area contributed by atoms with Crippen LogP contribution in [0.4, 0.5) is 19.0 Å². The molecule has 0 bridgehead atoms. The monoisotopic (exact) mass is 408 g/mol. The third-order valence-electron chi connectivity index (χ3n) is 4.98. The molecule has 156 valence electrons. The van der Waals surface area contributed by atoms with Gasteiger partial charge in [-0.1, -0.05) is 18.2 Å². The average Bonchev–Trinajstić information content (AvgIpc) is 2.71. The number of carboxylic acids is 1. The van der Waals surface area contributed by atoms with Crippen LogP contribution in [0.2, 0.25) is 0 Å². The summed E-state index contributed by atoms with van der Waals surface area (Å²) in [6, 6.07) is 11.4. The predicted molar refractivity (Wildman–Crippen MR) is 102 cm³/mol. The number of benzene rings is 1. The number of nitrogens with zero attached hydrogens (tertiary/aromatic N) is 2. The van der Waals surface area contributed by atoms with E-state index in [9.17, 15) is 18.0 Å². The molecular formula is C21H23F3N2O3. The maximum atomic E-state index is 12.8. The van der Waals surface area contributed by atoms with Crippen LogP contribution in [0, 0.1) is 5.92 Å². The van der Waals surface area contributed by atoms with Crippen molar-refractivity contribution in [3.05, 3.63) is 53.7 Å². The number of aromatic nitrogens is 1. The summed E-state index contributed by atoms with van der Waals surface area (Å²) >= 11 is 0. The van der Waals surface area contributed by atoms with Gasteiger partial charge in [0.2, 0.25) is 0 Å². The van der Waals surface area contributed by atoms with Gasteiger partial charge in [0.1, 0.15) is 17.3 Å². The number of halogens is 3. The van der Waals surface area contributed by atoms with E-state index in [-0.39, 0.29) is 6.42 Å². The topological polar surface area (TPSA) is 62.7 Å². The van der Waals surface area contributed by atoms with Crippen molar-refractivity contribution in [2.45, 2.75) is 31.9 Å². The molecular weight excluding hydrogens is 385 g/mol. The number of pyridine rings is 1. The molecule has 0 radical (unpaired) electrons. The smallest absolute Gasteiger partial charge is 0.433 e. The molecule has 1 saturated heterocycles. The van der Waals surface area contributed by atoms with Crippen LogP contribution in [0.25, 0.3) is 0 Å². The molecule has 2 aromatic rings. The third-order valence-corrected chi connectivity index (χ3v) is 4.98. The molecule has 8 heteroatoms. The largest absolute Gasteiger partial charge is 0.493 e. The van der Waals surface area contributed by atoms with Crippen molar-refractivity contribution in [1.29, 1.82) is 0 Å². The maximum absolute atomic E-state index is 12.8. The van der Waals surface area contributed by atoms with Crippen molar-refractivity contribution in [2.75, 3.05) is 24.6 Å². The van der Waals surface area contributed by atoms with Gasteiger partial charge in [0.05, 0.1) is 6.61 Å². The highest BCUT2D eigenvalue weighted by atomic mass is 19.4. The van der Waals surface area contributed by atoms with Gasteiger partial charge in [0, 0.05) is 19.5 Å². The van der Waals surface area contributed by atoms with Gasteiger partial charge in [-0.05, 0) is 55.0 Å². The molecule has 1 fully saturated rings. The van der Waals surface area contributed by atoms with Crippen LogP contribution < -0.4 is 9.64 Å². The van der Waals surface area contributed by atoms with Crippen molar-refractivity contribution in [3.8, 4) is 5.75 Å². The number of aliphatic carboxylic acids is 1. The second kappa shape index (κ2) is 9.15. The number of anilines is 1. The summed E-state index contributed by atoms with van der Waals surface area (Å²) in [4.78, 5) is 16.3. The van der Waals surface area contributed by atoms with Crippen LogP contribution in [0.15, 0.2) is 42.5 Å². The van der Waals surface area contributed by atoms with Gasteiger partial charge in [0.15, 0.2) is 0 Å². The quantitative estimate of drug-likeness (QED) is 0.735. The molecule has 1 aromatic carbocycles. The normalized spacial score (nSPS) is 15.3. The zero-order valence-corrected chi connectivity index (χ0v) is 15.9. The highest BCUT2D eigenvalue weighted by Crippen LogP contribution is 2.30. The summed E-state index contributed by atoms with van der Waals surface area (Å²) in [6.45, 7) is 1.77. The van der Waals surface area contributed by atoms with E-state index in [4.69, 9.17) is 9.84 Å². The fraction of sp³-hybridized carbons (Fsp3) is 0.429. The number of piperidine rings is 1. The van der Waals surface area contributed by atoms with Gasteiger partial charge in [-0.15, -0.1) is 0 Å². The van der Waals surface area contributed by atoms with E-state index in [1.54, 1.807) is 6.07 Å². The lowest BCUT2D eigenvalue weighted by Crippen LogP contribution is -2.36. The van der Waals surface area contributed by atoms with Gasteiger partial charge in [-0.25, -0.2) is 4.98 Å². The Labute approximate surface area is 167 Å². The van der Waals surface area contributed by atoms with Gasteiger partial charge in [-0.2, -0.15) is 13.2 Å². The summed E-state index contributed by atoms with van der Waals surface area (Å²) in [7, 11) is 0. The summed E-state index contributed by atoms with van der Waals surface area (Å²) in [5.74, 6) is 0.526. The average molecular weight is 408 g/mol. The predicted octanol–water partition coefficient (Wildman–Crippen LogP) is 4.41. The number of hydrogen-bond acceptors (Lipinski definition) is 4. The SMILES string of the molecule is O=C(O)CCc1cccc(OCC2CCN(c3cccc(C(F)(F)F)n3)CC2)c1. The lowest BCUT2D eigenvalue weighted by Gasteiger charge is -2.33. The van der Waals surface area contributed by atoms with Crippen LogP contribution >= 0.6 is 0 Å². The lowest BCUT2D eigenvalue weighted by molar-refractivity contribution is -0.141. The molecule has 1 aliphatic heterocycles. The minimum absolute atomic E-state index is 0.0749. The molecule has 0 atom stereocenters. The minimum atomic E-state index is -4.44. The molecule has 5 nitrogen and oxygen atoms in total. The number of carboxylic acid groups (broad SMARTS) is 1. The zero-order valence-electron chi connectivity index (χ0n) is 15.9. The zero-order chi connectivity index (χ0) is 20.9. The molecule has 0 aliphatic carbocycles. The highest BCUT2D eigenvalue weighted by Gasteiger charge is 2.33. The van der Waals surface area contributed by atoms with Crippen molar-refractivity contribution in [2.24, 2.45) is 5.92 Å². The first-order valence-corrected chi connectivity index (χ1v) is 9.54. The highest BCUT2D eigenvalue weighted by molar-refractivity contribution is 5.67. The number of rotatable bonds is 7. The van der Waals surface area contributed by atoms with Crippen LogP contribution in [0.1, 0.15) is 30.5 Å². The van der Waals surface area contributed by atoms with Crippen LogP contribution in [0.3, 0.4) is 0 Å². The second-order valence-corrected chi connectivity index (χ2v) is 7.16. The first-order chi connectivity index (χ1) is 13.8. The first-order valence-electron chi connectivity index (χ1n) is 9.54. The molecule has 1 aromatic heterocycles. The van der Waals surface area contributed by atoms with Crippen molar-refractivity contribution in [1.82, 2.24) is 4.98 Å². The van der Waals surface area contributed by atoms with E-state index < -0.39 is 17.8 Å². The van der Waals surface area contributed by atoms with E-state index in [0.29, 0.717) is 43.6 Å². The second-order valence-electron chi connectivity index (χ2n) is 7.16. The summed E-state index contributed by atoms with van der Waals surface area (Å²) < 4.78 is 44.4. The number of alkyl halides is 3. The Morgan fingerprint density at radius 2 is 1.90 bits per heavy atom. The van der Waals surface area contributed by atoms with E-state index in [1.807, 2.05) is 29.2 Å². The Balaban J connectivity index is 1.49. The fourth-order valence-corrected chi connectivity index (χ4v) is 3.34. The summed E-state index contributed by atoms with van der Waals surface area (Å²) in [5, 5.41) is 8.78. The molecule has 0 saturated carbocycles. The fourth-order valence-electron chi connectivity index (χ4n) is 3.34. The number of hydrogen-bond donors (Lipinski definition) is 1. The first kappa shape index (κ1) is 21.0. The number of aryl methyl sites for hydroxylation is 1. The Kier molecular flexibility index (Phi) is 6.61. The number of carbonyl (C=O) groups is 1. The van der Waals surface area contributed by atoms with Crippen LogP contribution in [-0.4, -0.2) is 35.8 Å². The van der Waals surface area contributed by atoms with E-state index in [0.717, 1.165) is 24.5 Å². The molecule has 0 spiro atoms. The molecule has 29 heavy (non-hydrogen) atoms. The third kappa shape index (κ3) is 6.10. The molecule has 1 aliphatic rings. The molecule has 3 rings (SSSR count). The minimum Gasteiger partial charge on any atom is -0.493 e. The molecule has 0 unspecified atom stereocenters. The lowest BCUT2D eigenvalue weighted by atomic mass is 9.98. The van der Waals surface area contributed by atoms with Crippen molar-refractivity contribution >= 4 is 11.8 Å². The number of ether oxygens (including phenoxy) is 1. The molecule has 1 N–H and O–H groups in total. The summed E-state index contributed by atoms with van der Waals surface area (Å²) in [6.07, 6.45) is -2.31. The van der Waals surface area contributed by atoms with Crippen LogP contribution in [0.5, 0.6) is 5.75 Å². The Morgan fingerprint density at radius 1 is 1.17 bits per heavy atom. The van der Waals surface area contributed by atoms with Gasteiger partial charge < -0.3 is 14.7 Å². The Bertz CT molecular complexity index is 834. The summed E-state index contributed by atoms with van der Waals surface area (Å²) in [5.41, 5.74) is 0.0403. The standard InChI is InChI=1S/C21H23F3N2O3/c22-21(23,24)18-5-2-6-19(25-18)26-11-9-16(10-12-26)14-29-17-4-1-3-15(13-17)7-8-20(27)28/h1-6,13,16H,7-12,14H2,(H,27,28). The molecule has 2 heterocycles. The Morgan fingerprint density at radius 3 is 2.59 bits per heavy atom. The van der Waals surface area contributed by atoms with Gasteiger partial charge in [0.25, 0.3) is 0 Å². The van der Waals surface area contributed by atoms with Crippen molar-refractivity contribution < 1.29 is 27.8 Å². The molecule has 0 amide bonds. The Hall–Kier alpha value is -2.77. The van der Waals surface area contributed by atoms with Gasteiger partial charge in [-0.3, -0.25) is 4.79 Å². The van der Waals surface area contributed by atoms with E-state index in [1.165, 1.54) is 6.07 Å². The van der Waals surface area contributed by atoms with Gasteiger partial charge >= 0.3 is 12.1 Å². The van der Waals surface area contributed by atoms with E-state index in [2.05, 4.69) is 4.98 Å². The van der Waals surface area contributed by atoms with E-state index >= 15 is 0 Å². The van der Waals surface area contributed by atoms with Crippen molar-refractivity contribution in [3.63, 3.8) is 0 Å². The van der Waals surface area contributed by atoms with Crippen LogP contribution in [-0.2, 0) is 17.4 Å². The maximum Gasteiger partial charge on any atom is 0.433 e.